The van der Waals surface area contributed by atoms with Gasteiger partial charge in [0.1, 0.15) is 29.1 Å². The predicted molar refractivity (Wildman–Crippen MR) is 104 cm³/mol. The van der Waals surface area contributed by atoms with E-state index < -0.39 is 0 Å². The quantitative estimate of drug-likeness (QED) is 0.663. The lowest BCUT2D eigenvalue weighted by atomic mass is 10.0. The Kier molecular flexibility index (Phi) is 5.04. The van der Waals surface area contributed by atoms with Gasteiger partial charge in [-0.15, -0.1) is 0 Å². The Hall–Kier alpha value is -1.37. The maximum absolute atomic E-state index is 9.67. The van der Waals surface area contributed by atoms with Crippen LogP contribution in [0.2, 0.25) is 0 Å². The van der Waals surface area contributed by atoms with E-state index in [0.29, 0.717) is 0 Å². The zero-order valence-corrected chi connectivity index (χ0v) is 15.7. The zero-order chi connectivity index (χ0) is 16.4. The molecule has 1 aliphatic rings. The van der Waals surface area contributed by atoms with E-state index in [1.807, 2.05) is 0 Å². The van der Waals surface area contributed by atoms with Crippen LogP contribution >= 0.6 is 0 Å². The first-order valence-electron chi connectivity index (χ1n) is 7.85. The summed E-state index contributed by atoms with van der Waals surface area (Å²) in [7, 11) is 0.508. The van der Waals surface area contributed by atoms with Crippen molar-refractivity contribution in [1.82, 2.24) is 0 Å². The van der Waals surface area contributed by atoms with Gasteiger partial charge in [-0.25, -0.2) is 0 Å². The second kappa shape index (κ2) is 7.03. The summed E-state index contributed by atoms with van der Waals surface area (Å²) in [6, 6.07) is 15.7. The Labute approximate surface area is 145 Å². The first-order valence-corrected chi connectivity index (χ1v) is 11.8. The van der Waals surface area contributed by atoms with Gasteiger partial charge in [0.15, 0.2) is 0 Å². The highest BCUT2D eigenvalue weighted by molar-refractivity contribution is 7.95. The normalized spacial score (nSPS) is 21.0. The molecule has 0 radical (unpaired) electrons. The molecule has 1 aliphatic heterocycles. The summed E-state index contributed by atoms with van der Waals surface area (Å²) < 4.78 is 0. The van der Waals surface area contributed by atoms with Gasteiger partial charge in [0.05, 0.1) is 18.1 Å². The van der Waals surface area contributed by atoms with Crippen LogP contribution in [0.1, 0.15) is 33.4 Å². The van der Waals surface area contributed by atoms with Crippen LogP contribution in [0.3, 0.4) is 0 Å². The second-order valence-corrected chi connectivity index (χ2v) is 10.7. The van der Waals surface area contributed by atoms with Crippen molar-refractivity contribution in [3.05, 3.63) is 69.8 Å². The summed E-state index contributed by atoms with van der Waals surface area (Å²) >= 11 is 0. The Balaban J connectivity index is 2.06. The lowest BCUT2D eigenvalue weighted by Gasteiger charge is -2.15. The molecule has 0 N–H and O–H groups in total. The van der Waals surface area contributed by atoms with Crippen LogP contribution in [-0.2, 0) is 44.8 Å². The molecule has 1 nitrogen and oxygen atoms in total. The number of hydrogen-bond donors (Lipinski definition) is 0. The van der Waals surface area contributed by atoms with Crippen LogP contribution in [0.5, 0.6) is 0 Å². The molecule has 0 amide bonds. The second-order valence-electron chi connectivity index (χ2n) is 6.40. The molecule has 2 aromatic rings. The average molecular weight is 342 g/mol. The van der Waals surface area contributed by atoms with Crippen molar-refractivity contribution in [2.75, 3.05) is 12.5 Å². The fourth-order valence-corrected chi connectivity index (χ4v) is 6.69. The monoisotopic (exact) mass is 341 g/mol. The largest absolute Gasteiger partial charge is 0.192 e. The van der Waals surface area contributed by atoms with Gasteiger partial charge in [0.2, 0.25) is 0 Å². The van der Waals surface area contributed by atoms with E-state index in [9.17, 15) is 5.26 Å². The number of benzene rings is 2. The van der Waals surface area contributed by atoms with Crippen LogP contribution in [0.25, 0.3) is 0 Å². The van der Waals surface area contributed by atoms with Crippen molar-refractivity contribution in [3.8, 4) is 6.07 Å². The molecule has 2 unspecified atom stereocenters. The van der Waals surface area contributed by atoms with E-state index in [0.717, 1.165) is 28.6 Å². The van der Waals surface area contributed by atoms with Gasteiger partial charge in [-0.3, -0.25) is 0 Å². The molecule has 3 rings (SSSR count). The fraction of sp³-hybridized carbons (Fsp3) is 0.350. The maximum atomic E-state index is 9.67. The molecule has 2 atom stereocenters. The third-order valence-corrected chi connectivity index (χ3v) is 7.73. The van der Waals surface area contributed by atoms with E-state index in [-0.39, 0.29) is 21.8 Å². The summed E-state index contributed by atoms with van der Waals surface area (Å²) in [5.41, 5.74) is 7.87. The SMILES string of the molecule is Cc1c2cccc1C[S+](C)Cc1cccc(c1C#N)C[S+](C)C2. The molecule has 0 aliphatic carbocycles. The minimum absolute atomic E-state index is 0.254. The predicted octanol–water partition coefficient (Wildman–Crippen LogP) is 4.08. The van der Waals surface area contributed by atoms with Crippen molar-refractivity contribution in [2.45, 2.75) is 29.9 Å². The summed E-state index contributed by atoms with van der Waals surface area (Å²) in [5, 5.41) is 9.67. The molecule has 118 valence electrons. The van der Waals surface area contributed by atoms with Crippen LogP contribution in [-0.4, -0.2) is 12.5 Å². The zero-order valence-electron chi connectivity index (χ0n) is 14.1. The molecule has 0 aromatic heterocycles. The molecule has 3 heteroatoms. The molecule has 0 fully saturated rings. The first kappa shape index (κ1) is 16.5. The Morgan fingerprint density at radius 2 is 1.17 bits per heavy atom. The molecular formula is C20H23NS2+2. The summed E-state index contributed by atoms with van der Waals surface area (Å²) in [6.45, 7) is 2.28. The summed E-state index contributed by atoms with van der Waals surface area (Å²) in [4.78, 5) is 0. The van der Waals surface area contributed by atoms with E-state index >= 15 is 0 Å². The van der Waals surface area contributed by atoms with Crippen LogP contribution in [0, 0.1) is 18.3 Å². The molecule has 0 spiro atoms. The topological polar surface area (TPSA) is 23.8 Å². The lowest BCUT2D eigenvalue weighted by Crippen LogP contribution is -2.14. The minimum atomic E-state index is 0.254. The van der Waals surface area contributed by atoms with Gasteiger partial charge in [-0.05, 0) is 34.3 Å². The van der Waals surface area contributed by atoms with Crippen molar-refractivity contribution in [3.63, 3.8) is 0 Å². The molecule has 2 aromatic carbocycles. The smallest absolute Gasteiger partial charge is 0.134 e. The summed E-state index contributed by atoms with van der Waals surface area (Å²) in [6.07, 6.45) is 4.66. The highest BCUT2D eigenvalue weighted by atomic mass is 32.2. The standard InChI is InChI=1S/C20H23NS2/c1-15-16-6-4-7-17(15)12-23(3)14-19-9-5-8-18(20(19)10-21)13-22(2)11-16/h4-9H,11-14H2,1-3H3/q+2. The van der Waals surface area contributed by atoms with E-state index in [1.54, 1.807) is 0 Å². The van der Waals surface area contributed by atoms with Gasteiger partial charge in [-0.2, -0.15) is 5.26 Å². The highest BCUT2D eigenvalue weighted by Crippen LogP contribution is 2.26. The number of fused-ring (bicyclic) bond motifs is 4. The van der Waals surface area contributed by atoms with Gasteiger partial charge in [0, 0.05) is 22.3 Å². The van der Waals surface area contributed by atoms with Crippen LogP contribution in [0.15, 0.2) is 36.4 Å². The van der Waals surface area contributed by atoms with Crippen LogP contribution in [0.4, 0.5) is 0 Å². The van der Waals surface area contributed by atoms with E-state index in [2.05, 4.69) is 61.9 Å². The van der Waals surface area contributed by atoms with Crippen molar-refractivity contribution < 1.29 is 0 Å². The number of rotatable bonds is 0. The average Bonchev–Trinajstić information content (AvgIpc) is 2.51. The third kappa shape index (κ3) is 3.59. The molecule has 0 saturated heterocycles. The lowest BCUT2D eigenvalue weighted by molar-refractivity contribution is 1.19. The summed E-state index contributed by atoms with van der Waals surface area (Å²) in [5.74, 6) is 4.26. The molecule has 0 saturated carbocycles. The van der Waals surface area contributed by atoms with Gasteiger partial charge >= 0.3 is 0 Å². The van der Waals surface area contributed by atoms with Crippen molar-refractivity contribution >= 4 is 21.8 Å². The van der Waals surface area contributed by atoms with E-state index in [4.69, 9.17) is 0 Å². The van der Waals surface area contributed by atoms with Crippen molar-refractivity contribution in [1.29, 1.82) is 5.26 Å². The molecular weight excluding hydrogens is 318 g/mol. The van der Waals surface area contributed by atoms with Crippen molar-refractivity contribution in [2.24, 2.45) is 0 Å². The third-order valence-electron chi connectivity index (χ3n) is 4.51. The molecule has 23 heavy (non-hydrogen) atoms. The fourth-order valence-electron chi connectivity index (χ4n) is 3.25. The Morgan fingerprint density at radius 3 is 1.61 bits per heavy atom. The number of nitriles is 1. The highest BCUT2D eigenvalue weighted by Gasteiger charge is 2.24. The Bertz CT molecular complexity index is 710. The maximum Gasteiger partial charge on any atom is 0.134 e. The van der Waals surface area contributed by atoms with Gasteiger partial charge in [-0.1, -0.05) is 36.4 Å². The van der Waals surface area contributed by atoms with Gasteiger partial charge in [0.25, 0.3) is 0 Å². The molecule has 1 heterocycles. The number of hydrogen-bond acceptors (Lipinski definition) is 1. The minimum Gasteiger partial charge on any atom is -0.192 e. The first-order chi connectivity index (χ1) is 11.1. The Morgan fingerprint density at radius 1 is 0.783 bits per heavy atom. The van der Waals surface area contributed by atoms with Crippen LogP contribution < -0.4 is 0 Å². The van der Waals surface area contributed by atoms with E-state index in [1.165, 1.54) is 27.8 Å². The number of nitrogens with zero attached hydrogens (tertiary/aromatic N) is 1. The van der Waals surface area contributed by atoms with Gasteiger partial charge < -0.3 is 0 Å². The molecule has 4 bridgehead atoms.